The Morgan fingerprint density at radius 2 is 1.92 bits per heavy atom. The molecule has 2 N–H and O–H groups in total. The highest BCUT2D eigenvalue weighted by Gasteiger charge is 2.31. The summed E-state index contributed by atoms with van der Waals surface area (Å²) in [5.41, 5.74) is 3.85. The number of benzene rings is 2. The lowest BCUT2D eigenvalue weighted by Gasteiger charge is -2.11. The molecule has 0 saturated carbocycles. The van der Waals surface area contributed by atoms with Crippen molar-refractivity contribution in [2.45, 2.75) is 37.1 Å². The van der Waals surface area contributed by atoms with Crippen LogP contribution in [0.25, 0.3) is 0 Å². The van der Waals surface area contributed by atoms with E-state index in [1.54, 1.807) is 25.1 Å². The van der Waals surface area contributed by atoms with Gasteiger partial charge in [-0.15, -0.1) is 0 Å². The minimum atomic E-state index is -3.60. The van der Waals surface area contributed by atoms with Gasteiger partial charge in [0.1, 0.15) is 11.9 Å². The molecule has 26 heavy (non-hydrogen) atoms. The summed E-state index contributed by atoms with van der Waals surface area (Å²) < 4.78 is 26.7. The highest BCUT2D eigenvalue weighted by molar-refractivity contribution is 7.90. The first-order valence-electron chi connectivity index (χ1n) is 8.57. The van der Waals surface area contributed by atoms with E-state index in [9.17, 15) is 13.2 Å². The Kier molecular flexibility index (Phi) is 4.03. The lowest BCUT2D eigenvalue weighted by atomic mass is 10.1. The Hall–Kier alpha value is -2.67. The van der Waals surface area contributed by atoms with Crippen LogP contribution in [0.1, 0.15) is 30.0 Å². The second-order valence-corrected chi connectivity index (χ2v) is 8.23. The van der Waals surface area contributed by atoms with Crippen molar-refractivity contribution in [1.82, 2.24) is 4.72 Å². The van der Waals surface area contributed by atoms with Gasteiger partial charge < -0.3 is 5.32 Å². The summed E-state index contributed by atoms with van der Waals surface area (Å²) in [6.45, 7) is 1.64. The molecule has 4 rings (SSSR count). The summed E-state index contributed by atoms with van der Waals surface area (Å²) in [6.07, 6.45) is 3.28. The van der Waals surface area contributed by atoms with Gasteiger partial charge in [0, 0.05) is 11.3 Å². The number of carbonyl (C=O) groups excluding carboxylic acids is 1. The third kappa shape index (κ3) is 2.99. The summed E-state index contributed by atoms with van der Waals surface area (Å²) >= 11 is 0. The standard InChI is InChI=1S/C19H19N3O3S/c1-12(19(23)21-15-10-9-13-5-4-6-14(13)11-15)20-18-16-7-2-3-8-17(16)26(24,25)22-18/h2-3,7-12H,4-6H2,1H3,(H,20,22)(H,21,23)/t12-/m0/s1. The first kappa shape index (κ1) is 16.8. The van der Waals surface area contributed by atoms with Crippen molar-refractivity contribution in [2.24, 2.45) is 4.99 Å². The molecule has 6 nitrogen and oxygen atoms in total. The first-order chi connectivity index (χ1) is 12.4. The van der Waals surface area contributed by atoms with Crippen molar-refractivity contribution in [1.29, 1.82) is 0 Å². The topological polar surface area (TPSA) is 87.6 Å². The number of amides is 1. The molecule has 2 aromatic rings. The SMILES string of the molecule is C[C@H](N=C1NS(=O)(=O)c2ccccc21)C(=O)Nc1ccc2c(c1)CCC2. The summed E-state index contributed by atoms with van der Waals surface area (Å²) in [5, 5.41) is 2.87. The number of rotatable bonds is 3. The summed E-state index contributed by atoms with van der Waals surface area (Å²) in [7, 11) is -3.60. The van der Waals surface area contributed by atoms with Gasteiger partial charge in [0.25, 0.3) is 10.0 Å². The molecular weight excluding hydrogens is 350 g/mol. The Labute approximate surface area is 152 Å². The Morgan fingerprint density at radius 1 is 1.15 bits per heavy atom. The number of sulfonamides is 1. The number of hydrogen-bond donors (Lipinski definition) is 2. The van der Waals surface area contributed by atoms with Crippen LogP contribution >= 0.6 is 0 Å². The normalized spacial score (nSPS) is 19.5. The molecule has 0 spiro atoms. The zero-order valence-electron chi connectivity index (χ0n) is 14.3. The third-order valence-corrected chi connectivity index (χ3v) is 6.13. The minimum Gasteiger partial charge on any atom is -0.324 e. The van der Waals surface area contributed by atoms with Crippen LogP contribution in [0.2, 0.25) is 0 Å². The molecule has 1 aliphatic carbocycles. The fraction of sp³-hybridized carbons (Fsp3) is 0.263. The molecule has 0 fully saturated rings. The second kappa shape index (κ2) is 6.25. The minimum absolute atomic E-state index is 0.185. The number of nitrogens with one attached hydrogen (secondary N) is 2. The van der Waals surface area contributed by atoms with Gasteiger partial charge in [0.2, 0.25) is 5.91 Å². The Bertz CT molecular complexity index is 1030. The highest BCUT2D eigenvalue weighted by atomic mass is 32.2. The average molecular weight is 369 g/mol. The zero-order valence-corrected chi connectivity index (χ0v) is 15.1. The van der Waals surface area contributed by atoms with E-state index in [0.29, 0.717) is 5.56 Å². The molecule has 1 amide bonds. The van der Waals surface area contributed by atoms with E-state index in [1.807, 2.05) is 12.1 Å². The predicted octanol–water partition coefficient (Wildman–Crippen LogP) is 2.24. The van der Waals surface area contributed by atoms with Crippen molar-refractivity contribution in [2.75, 3.05) is 5.32 Å². The number of carbonyl (C=O) groups is 1. The van der Waals surface area contributed by atoms with Crippen LogP contribution in [-0.4, -0.2) is 26.2 Å². The smallest absolute Gasteiger partial charge is 0.263 e. The van der Waals surface area contributed by atoms with E-state index in [0.717, 1.165) is 24.9 Å². The quantitative estimate of drug-likeness (QED) is 0.870. The fourth-order valence-electron chi connectivity index (χ4n) is 3.38. The van der Waals surface area contributed by atoms with E-state index in [-0.39, 0.29) is 16.6 Å². The molecular formula is C19H19N3O3S. The van der Waals surface area contributed by atoms with Gasteiger partial charge in [0.05, 0.1) is 4.90 Å². The van der Waals surface area contributed by atoms with Crippen LogP contribution in [0, 0.1) is 0 Å². The Morgan fingerprint density at radius 3 is 2.77 bits per heavy atom. The maximum absolute atomic E-state index is 12.5. The van der Waals surface area contributed by atoms with E-state index in [2.05, 4.69) is 21.1 Å². The summed E-state index contributed by atoms with van der Waals surface area (Å²) in [4.78, 5) is 17.0. The summed E-state index contributed by atoms with van der Waals surface area (Å²) in [6, 6.07) is 11.8. The van der Waals surface area contributed by atoms with Gasteiger partial charge in [-0.05, 0) is 61.6 Å². The number of aryl methyl sites for hydroxylation is 2. The van der Waals surface area contributed by atoms with Crippen LogP contribution < -0.4 is 10.0 Å². The lowest BCUT2D eigenvalue weighted by Crippen LogP contribution is -2.28. The van der Waals surface area contributed by atoms with Crippen LogP contribution in [0.3, 0.4) is 0 Å². The monoisotopic (exact) mass is 369 g/mol. The number of amidine groups is 1. The molecule has 0 aromatic heterocycles. The van der Waals surface area contributed by atoms with Crippen LogP contribution in [0.5, 0.6) is 0 Å². The fourth-order valence-corrected chi connectivity index (χ4v) is 4.62. The van der Waals surface area contributed by atoms with Gasteiger partial charge in [-0.1, -0.05) is 18.2 Å². The van der Waals surface area contributed by atoms with E-state index in [4.69, 9.17) is 0 Å². The molecule has 0 unspecified atom stereocenters. The van der Waals surface area contributed by atoms with Crippen LogP contribution in [0.4, 0.5) is 5.69 Å². The second-order valence-electron chi connectivity index (χ2n) is 6.58. The average Bonchev–Trinajstić information content (AvgIpc) is 3.17. The molecule has 1 heterocycles. The number of aliphatic imine (C=N–C) groups is 1. The Balaban J connectivity index is 1.54. The van der Waals surface area contributed by atoms with Crippen LogP contribution in [0.15, 0.2) is 52.4 Å². The van der Waals surface area contributed by atoms with Crippen molar-refractivity contribution in [3.05, 3.63) is 59.2 Å². The number of hydrogen-bond acceptors (Lipinski definition) is 4. The number of anilines is 1. The molecule has 2 aliphatic rings. The van der Waals surface area contributed by atoms with Crippen LogP contribution in [-0.2, 0) is 27.7 Å². The lowest BCUT2D eigenvalue weighted by molar-refractivity contribution is -0.117. The third-order valence-electron chi connectivity index (χ3n) is 4.73. The van der Waals surface area contributed by atoms with E-state index < -0.39 is 16.1 Å². The zero-order chi connectivity index (χ0) is 18.3. The van der Waals surface area contributed by atoms with Crippen molar-refractivity contribution in [3.8, 4) is 0 Å². The maximum Gasteiger partial charge on any atom is 0.263 e. The van der Waals surface area contributed by atoms with Crippen molar-refractivity contribution in [3.63, 3.8) is 0 Å². The number of fused-ring (bicyclic) bond motifs is 2. The molecule has 0 saturated heterocycles. The summed E-state index contributed by atoms with van der Waals surface area (Å²) in [5.74, 6) is -0.0729. The van der Waals surface area contributed by atoms with Gasteiger partial charge >= 0.3 is 0 Å². The number of nitrogens with zero attached hydrogens (tertiary/aromatic N) is 1. The molecule has 7 heteroatoms. The molecule has 2 aromatic carbocycles. The van der Waals surface area contributed by atoms with Gasteiger partial charge in [-0.3, -0.25) is 14.5 Å². The van der Waals surface area contributed by atoms with Gasteiger partial charge in [-0.2, -0.15) is 0 Å². The molecule has 1 aliphatic heterocycles. The van der Waals surface area contributed by atoms with Gasteiger partial charge in [0.15, 0.2) is 0 Å². The van der Waals surface area contributed by atoms with Crippen molar-refractivity contribution >= 4 is 27.5 Å². The van der Waals surface area contributed by atoms with Gasteiger partial charge in [-0.25, -0.2) is 8.42 Å². The largest absolute Gasteiger partial charge is 0.324 e. The molecule has 134 valence electrons. The van der Waals surface area contributed by atoms with Crippen molar-refractivity contribution < 1.29 is 13.2 Å². The van der Waals surface area contributed by atoms with E-state index >= 15 is 0 Å². The molecule has 0 radical (unpaired) electrons. The predicted molar refractivity (Wildman–Crippen MR) is 99.9 cm³/mol. The highest BCUT2D eigenvalue weighted by Crippen LogP contribution is 2.25. The molecule has 0 bridgehead atoms. The maximum atomic E-state index is 12.5. The van der Waals surface area contributed by atoms with E-state index in [1.165, 1.54) is 17.2 Å². The molecule has 1 atom stereocenters. The first-order valence-corrected chi connectivity index (χ1v) is 10.0.